The van der Waals surface area contributed by atoms with Crippen molar-refractivity contribution in [3.05, 3.63) is 84.6 Å². The number of carbonyl (C=O) groups excluding carboxylic acids is 1. The van der Waals surface area contributed by atoms with Crippen LogP contribution in [0.3, 0.4) is 0 Å². The summed E-state index contributed by atoms with van der Waals surface area (Å²) in [6, 6.07) is 20.9. The van der Waals surface area contributed by atoms with Crippen molar-refractivity contribution in [3.63, 3.8) is 0 Å². The summed E-state index contributed by atoms with van der Waals surface area (Å²) in [4.78, 5) is 11.0. The number of nitrogens with one attached hydrogen (secondary N) is 1. The molecule has 1 aromatic heterocycles. The van der Waals surface area contributed by atoms with Crippen LogP contribution in [0, 0.1) is 0 Å². The lowest BCUT2D eigenvalue weighted by atomic mass is 10.0. The van der Waals surface area contributed by atoms with Crippen LogP contribution < -0.4 is 16.8 Å². The summed E-state index contributed by atoms with van der Waals surface area (Å²) < 4.78 is 41.4. The molecule has 162 valence electrons. The summed E-state index contributed by atoms with van der Waals surface area (Å²) in [6.45, 7) is 0. The highest BCUT2D eigenvalue weighted by atomic mass is 19.4. The molecule has 9 heteroatoms. The normalized spacial score (nSPS) is 11.3. The van der Waals surface area contributed by atoms with E-state index in [1.165, 1.54) is 16.8 Å². The standard InChI is InChI=1S/C23H18F3N5O/c24-23(25,26)21-13-20(31(30-21)19-11-9-18(10-12-19)29-22(28)32)16-3-1-14(2-4-16)15-5-7-17(27)8-6-15/h1-13H,27H2,(H3,28,29,32). The van der Waals surface area contributed by atoms with Gasteiger partial charge in [0.15, 0.2) is 5.69 Å². The molecule has 0 radical (unpaired) electrons. The van der Waals surface area contributed by atoms with Gasteiger partial charge in [0, 0.05) is 16.9 Å². The average molecular weight is 437 g/mol. The molecule has 0 aliphatic carbocycles. The summed E-state index contributed by atoms with van der Waals surface area (Å²) >= 11 is 0. The topological polar surface area (TPSA) is 99.0 Å². The Bertz CT molecular complexity index is 1250. The minimum absolute atomic E-state index is 0.275. The summed E-state index contributed by atoms with van der Waals surface area (Å²) in [7, 11) is 0. The van der Waals surface area contributed by atoms with Gasteiger partial charge >= 0.3 is 12.2 Å². The molecule has 0 spiro atoms. The molecular weight excluding hydrogens is 419 g/mol. The molecule has 0 unspecified atom stereocenters. The molecule has 0 fully saturated rings. The predicted molar refractivity (Wildman–Crippen MR) is 117 cm³/mol. The maximum absolute atomic E-state index is 13.4. The Kier molecular flexibility index (Phi) is 5.31. The summed E-state index contributed by atoms with van der Waals surface area (Å²) in [5, 5.41) is 6.18. The SMILES string of the molecule is NC(=O)Nc1ccc(-n2nc(C(F)(F)F)cc2-c2ccc(-c3ccc(N)cc3)cc2)cc1. The van der Waals surface area contributed by atoms with Crippen LogP contribution in [0.1, 0.15) is 5.69 Å². The molecule has 5 N–H and O–H groups in total. The quantitative estimate of drug-likeness (QED) is 0.378. The lowest BCUT2D eigenvalue weighted by Gasteiger charge is -2.10. The fraction of sp³-hybridized carbons (Fsp3) is 0.0435. The number of rotatable bonds is 4. The lowest BCUT2D eigenvalue weighted by Crippen LogP contribution is -2.19. The van der Waals surface area contributed by atoms with E-state index in [1.807, 2.05) is 24.3 Å². The van der Waals surface area contributed by atoms with Crippen molar-refractivity contribution in [2.75, 3.05) is 11.1 Å². The van der Waals surface area contributed by atoms with Gasteiger partial charge in [0.1, 0.15) is 0 Å². The van der Waals surface area contributed by atoms with E-state index in [4.69, 9.17) is 11.5 Å². The number of hydrogen-bond acceptors (Lipinski definition) is 3. The Morgan fingerprint density at radius 3 is 1.91 bits per heavy atom. The van der Waals surface area contributed by atoms with Crippen LogP contribution in [0.5, 0.6) is 0 Å². The number of nitrogen functional groups attached to an aromatic ring is 1. The molecule has 4 aromatic rings. The minimum atomic E-state index is -4.60. The van der Waals surface area contributed by atoms with Crippen LogP contribution in [-0.2, 0) is 6.18 Å². The number of halogens is 3. The maximum atomic E-state index is 13.4. The van der Waals surface area contributed by atoms with Gasteiger partial charge in [0.25, 0.3) is 0 Å². The second kappa shape index (κ2) is 8.10. The Labute approximate surface area is 181 Å². The largest absolute Gasteiger partial charge is 0.435 e. The Balaban J connectivity index is 1.74. The summed E-state index contributed by atoms with van der Waals surface area (Å²) in [5.41, 5.74) is 13.9. The van der Waals surface area contributed by atoms with Gasteiger partial charge in [-0.1, -0.05) is 36.4 Å². The van der Waals surface area contributed by atoms with Crippen molar-refractivity contribution in [3.8, 4) is 28.1 Å². The van der Waals surface area contributed by atoms with E-state index in [-0.39, 0.29) is 5.69 Å². The van der Waals surface area contributed by atoms with Crippen molar-refractivity contribution in [2.24, 2.45) is 5.73 Å². The Morgan fingerprint density at radius 2 is 1.38 bits per heavy atom. The number of nitrogens with two attached hydrogens (primary N) is 2. The highest BCUT2D eigenvalue weighted by molar-refractivity contribution is 5.87. The number of alkyl halides is 3. The van der Waals surface area contributed by atoms with E-state index in [0.29, 0.717) is 22.6 Å². The molecule has 2 amide bonds. The van der Waals surface area contributed by atoms with Crippen LogP contribution in [0.4, 0.5) is 29.3 Å². The number of carbonyl (C=O) groups is 1. The maximum Gasteiger partial charge on any atom is 0.435 e. The molecule has 0 saturated heterocycles. The summed E-state index contributed by atoms with van der Waals surface area (Å²) in [6.07, 6.45) is -4.60. The van der Waals surface area contributed by atoms with Crippen molar-refractivity contribution >= 4 is 17.4 Å². The zero-order valence-electron chi connectivity index (χ0n) is 16.6. The molecule has 32 heavy (non-hydrogen) atoms. The molecule has 0 aliphatic rings. The van der Waals surface area contributed by atoms with Gasteiger partial charge in [-0.2, -0.15) is 18.3 Å². The van der Waals surface area contributed by atoms with E-state index in [2.05, 4.69) is 10.4 Å². The summed E-state index contributed by atoms with van der Waals surface area (Å²) in [5.74, 6) is 0. The lowest BCUT2D eigenvalue weighted by molar-refractivity contribution is -0.141. The van der Waals surface area contributed by atoms with Gasteiger partial charge in [-0.25, -0.2) is 9.48 Å². The first-order valence-corrected chi connectivity index (χ1v) is 9.51. The number of urea groups is 1. The van der Waals surface area contributed by atoms with E-state index in [1.54, 1.807) is 36.4 Å². The monoisotopic (exact) mass is 437 g/mol. The molecule has 0 saturated carbocycles. The first kappa shape index (κ1) is 21.0. The number of nitrogens with zero attached hydrogens (tertiary/aromatic N) is 2. The fourth-order valence-corrected chi connectivity index (χ4v) is 3.26. The van der Waals surface area contributed by atoms with Gasteiger partial charge in [0.2, 0.25) is 0 Å². The zero-order valence-corrected chi connectivity index (χ0v) is 16.6. The first-order chi connectivity index (χ1) is 15.2. The van der Waals surface area contributed by atoms with Crippen LogP contribution in [0.25, 0.3) is 28.1 Å². The van der Waals surface area contributed by atoms with Crippen LogP contribution in [-0.4, -0.2) is 15.8 Å². The van der Waals surface area contributed by atoms with Crippen LogP contribution in [0.2, 0.25) is 0 Å². The third kappa shape index (κ3) is 4.41. The number of anilines is 2. The van der Waals surface area contributed by atoms with Gasteiger partial charge in [-0.05, 0) is 53.6 Å². The third-order valence-electron chi connectivity index (χ3n) is 4.80. The number of amides is 2. The molecule has 1 heterocycles. The number of aromatic nitrogens is 2. The highest BCUT2D eigenvalue weighted by Gasteiger charge is 2.35. The van der Waals surface area contributed by atoms with E-state index >= 15 is 0 Å². The number of hydrogen-bond donors (Lipinski definition) is 3. The zero-order chi connectivity index (χ0) is 22.9. The minimum Gasteiger partial charge on any atom is -0.399 e. The van der Waals surface area contributed by atoms with Crippen molar-refractivity contribution in [1.29, 1.82) is 0 Å². The van der Waals surface area contributed by atoms with E-state index in [0.717, 1.165) is 17.2 Å². The van der Waals surface area contributed by atoms with Crippen molar-refractivity contribution in [2.45, 2.75) is 6.18 Å². The molecule has 3 aromatic carbocycles. The second-order valence-corrected chi connectivity index (χ2v) is 7.06. The van der Waals surface area contributed by atoms with Crippen molar-refractivity contribution < 1.29 is 18.0 Å². The predicted octanol–water partition coefficient (Wildman–Crippen LogP) is 5.30. The van der Waals surface area contributed by atoms with Crippen LogP contribution in [0.15, 0.2) is 78.9 Å². The molecule has 0 bridgehead atoms. The van der Waals surface area contributed by atoms with E-state index < -0.39 is 17.9 Å². The van der Waals surface area contributed by atoms with Crippen molar-refractivity contribution in [1.82, 2.24) is 9.78 Å². The van der Waals surface area contributed by atoms with Gasteiger partial charge < -0.3 is 16.8 Å². The van der Waals surface area contributed by atoms with Gasteiger partial charge in [-0.3, -0.25) is 0 Å². The second-order valence-electron chi connectivity index (χ2n) is 7.06. The van der Waals surface area contributed by atoms with Crippen LogP contribution >= 0.6 is 0 Å². The molecule has 0 aliphatic heterocycles. The van der Waals surface area contributed by atoms with Gasteiger partial charge in [0.05, 0.1) is 11.4 Å². The average Bonchev–Trinajstić information content (AvgIpc) is 3.21. The molecular formula is C23H18F3N5O. The van der Waals surface area contributed by atoms with E-state index in [9.17, 15) is 18.0 Å². The smallest absolute Gasteiger partial charge is 0.399 e. The molecule has 4 rings (SSSR count). The third-order valence-corrected chi connectivity index (χ3v) is 4.80. The number of primary amides is 1. The fourth-order valence-electron chi connectivity index (χ4n) is 3.26. The Hall–Kier alpha value is -4.27. The molecule has 6 nitrogen and oxygen atoms in total. The number of benzene rings is 3. The molecule has 0 atom stereocenters. The highest BCUT2D eigenvalue weighted by Crippen LogP contribution is 2.34. The Morgan fingerprint density at radius 1 is 0.844 bits per heavy atom. The first-order valence-electron chi connectivity index (χ1n) is 9.51. The van der Waals surface area contributed by atoms with Gasteiger partial charge in [-0.15, -0.1) is 0 Å².